The van der Waals surface area contributed by atoms with Gasteiger partial charge in [-0.2, -0.15) is 0 Å². The topological polar surface area (TPSA) is 33.3 Å². The second kappa shape index (κ2) is 3.44. The highest BCUT2D eigenvalue weighted by molar-refractivity contribution is 5.02. The van der Waals surface area contributed by atoms with Crippen LogP contribution < -0.4 is 10.6 Å². The standard InChI is InChI=1S/C12H22N2O/c1-10-3-2-4-12(7-10)14-6-5-11(15-12)8-13-9-11/h10,13-14H,2-9H2,1H3. The molecule has 3 nitrogen and oxygen atoms in total. The fraction of sp³-hybridized carbons (Fsp3) is 1.00. The summed E-state index contributed by atoms with van der Waals surface area (Å²) in [4.78, 5) is 0. The molecule has 0 aromatic rings. The van der Waals surface area contributed by atoms with Crippen LogP contribution in [0.4, 0.5) is 0 Å². The van der Waals surface area contributed by atoms with Crippen LogP contribution in [0.3, 0.4) is 0 Å². The summed E-state index contributed by atoms with van der Waals surface area (Å²) < 4.78 is 6.44. The molecule has 2 aliphatic heterocycles. The molecule has 1 aliphatic carbocycles. The van der Waals surface area contributed by atoms with Gasteiger partial charge in [0.1, 0.15) is 5.72 Å². The maximum atomic E-state index is 6.44. The molecule has 2 saturated heterocycles. The maximum absolute atomic E-state index is 6.44. The molecular weight excluding hydrogens is 188 g/mol. The summed E-state index contributed by atoms with van der Waals surface area (Å²) in [6.07, 6.45) is 6.28. The Bertz CT molecular complexity index is 248. The molecule has 2 atom stereocenters. The lowest BCUT2D eigenvalue weighted by molar-refractivity contribution is -0.234. The van der Waals surface area contributed by atoms with Crippen molar-refractivity contribution < 1.29 is 4.74 Å². The first-order chi connectivity index (χ1) is 7.22. The molecule has 1 saturated carbocycles. The van der Waals surface area contributed by atoms with Crippen LogP contribution in [0.15, 0.2) is 0 Å². The lowest BCUT2D eigenvalue weighted by Crippen LogP contribution is -2.71. The Morgan fingerprint density at radius 1 is 1.27 bits per heavy atom. The number of nitrogens with one attached hydrogen (secondary N) is 2. The Balaban J connectivity index is 1.73. The van der Waals surface area contributed by atoms with E-state index in [1.807, 2.05) is 0 Å². The zero-order valence-corrected chi connectivity index (χ0v) is 9.64. The van der Waals surface area contributed by atoms with Crippen LogP contribution in [0.2, 0.25) is 0 Å². The molecule has 0 bridgehead atoms. The van der Waals surface area contributed by atoms with Crippen LogP contribution in [0.5, 0.6) is 0 Å². The first kappa shape index (κ1) is 10.1. The van der Waals surface area contributed by atoms with Gasteiger partial charge in [0.15, 0.2) is 0 Å². The Hall–Kier alpha value is -0.120. The molecule has 86 valence electrons. The zero-order valence-electron chi connectivity index (χ0n) is 9.64. The van der Waals surface area contributed by atoms with E-state index in [2.05, 4.69) is 17.6 Å². The van der Waals surface area contributed by atoms with E-state index in [-0.39, 0.29) is 11.3 Å². The van der Waals surface area contributed by atoms with E-state index in [4.69, 9.17) is 4.74 Å². The van der Waals surface area contributed by atoms with Crippen molar-refractivity contribution in [1.82, 2.24) is 10.6 Å². The molecule has 2 unspecified atom stereocenters. The number of ether oxygens (including phenoxy) is 1. The van der Waals surface area contributed by atoms with Gasteiger partial charge in [-0.15, -0.1) is 0 Å². The van der Waals surface area contributed by atoms with Crippen molar-refractivity contribution in [2.45, 2.75) is 50.4 Å². The fourth-order valence-electron chi connectivity index (χ4n) is 3.43. The molecule has 0 radical (unpaired) electrons. The van der Waals surface area contributed by atoms with Gasteiger partial charge in [-0.3, -0.25) is 5.32 Å². The molecule has 2 heterocycles. The summed E-state index contributed by atoms with van der Waals surface area (Å²) >= 11 is 0. The highest BCUT2D eigenvalue weighted by Gasteiger charge is 2.49. The van der Waals surface area contributed by atoms with E-state index >= 15 is 0 Å². The van der Waals surface area contributed by atoms with Crippen LogP contribution in [0, 0.1) is 5.92 Å². The molecule has 0 amide bonds. The minimum Gasteiger partial charge on any atom is -0.351 e. The van der Waals surface area contributed by atoms with Gasteiger partial charge < -0.3 is 10.1 Å². The van der Waals surface area contributed by atoms with Crippen LogP contribution in [-0.4, -0.2) is 31.0 Å². The molecule has 0 aromatic carbocycles. The van der Waals surface area contributed by atoms with Crippen molar-refractivity contribution in [3.05, 3.63) is 0 Å². The fourth-order valence-corrected chi connectivity index (χ4v) is 3.43. The van der Waals surface area contributed by atoms with Gasteiger partial charge >= 0.3 is 0 Å². The second-order valence-corrected chi connectivity index (χ2v) is 5.76. The van der Waals surface area contributed by atoms with Gasteiger partial charge in [0.2, 0.25) is 0 Å². The second-order valence-electron chi connectivity index (χ2n) is 5.76. The Kier molecular flexibility index (Phi) is 2.31. The first-order valence-corrected chi connectivity index (χ1v) is 6.38. The minimum atomic E-state index is 0.0258. The maximum Gasteiger partial charge on any atom is 0.120 e. The van der Waals surface area contributed by atoms with Crippen LogP contribution in [0.1, 0.15) is 39.0 Å². The average Bonchev–Trinajstić information content (AvgIpc) is 2.15. The van der Waals surface area contributed by atoms with Gasteiger partial charge in [-0.05, 0) is 31.6 Å². The van der Waals surface area contributed by atoms with Gasteiger partial charge in [0.25, 0.3) is 0 Å². The summed E-state index contributed by atoms with van der Waals surface area (Å²) in [7, 11) is 0. The Labute approximate surface area is 91.9 Å². The van der Waals surface area contributed by atoms with E-state index in [0.29, 0.717) is 0 Å². The largest absolute Gasteiger partial charge is 0.351 e. The van der Waals surface area contributed by atoms with Gasteiger partial charge in [0.05, 0.1) is 5.60 Å². The monoisotopic (exact) mass is 210 g/mol. The third-order valence-electron chi connectivity index (χ3n) is 4.29. The smallest absolute Gasteiger partial charge is 0.120 e. The third-order valence-corrected chi connectivity index (χ3v) is 4.29. The van der Waals surface area contributed by atoms with E-state index < -0.39 is 0 Å². The number of hydrogen-bond acceptors (Lipinski definition) is 3. The quantitative estimate of drug-likeness (QED) is 0.631. The average molecular weight is 210 g/mol. The summed E-state index contributed by atoms with van der Waals surface area (Å²) in [5.41, 5.74) is 0.209. The van der Waals surface area contributed by atoms with E-state index in [1.54, 1.807) is 0 Å². The predicted octanol–water partition coefficient (Wildman–Crippen LogP) is 1.24. The normalized spacial score (nSPS) is 44.2. The summed E-state index contributed by atoms with van der Waals surface area (Å²) in [6.45, 7) is 5.61. The van der Waals surface area contributed by atoms with Gasteiger partial charge in [-0.25, -0.2) is 0 Å². The molecule has 3 rings (SSSR count). The molecule has 0 aromatic heterocycles. The molecular formula is C12H22N2O. The summed E-state index contributed by atoms with van der Waals surface area (Å²) in [6, 6.07) is 0. The van der Waals surface area contributed by atoms with Crippen molar-refractivity contribution in [1.29, 1.82) is 0 Å². The van der Waals surface area contributed by atoms with Crippen molar-refractivity contribution >= 4 is 0 Å². The van der Waals surface area contributed by atoms with Gasteiger partial charge in [-0.1, -0.05) is 13.3 Å². The van der Waals surface area contributed by atoms with Crippen LogP contribution in [-0.2, 0) is 4.74 Å². The van der Waals surface area contributed by atoms with Crippen LogP contribution >= 0.6 is 0 Å². The summed E-state index contributed by atoms with van der Waals surface area (Å²) in [5, 5.41) is 6.99. The SMILES string of the molecule is CC1CCCC2(C1)NCCC1(CNC1)O2. The Morgan fingerprint density at radius 3 is 2.80 bits per heavy atom. The Morgan fingerprint density at radius 2 is 2.13 bits per heavy atom. The lowest BCUT2D eigenvalue weighted by Gasteiger charge is -2.55. The molecule has 3 fully saturated rings. The van der Waals surface area contributed by atoms with Crippen molar-refractivity contribution in [2.24, 2.45) is 5.92 Å². The minimum absolute atomic E-state index is 0.0258. The lowest BCUT2D eigenvalue weighted by atomic mass is 9.80. The molecule has 2 spiro atoms. The number of rotatable bonds is 0. The highest BCUT2D eigenvalue weighted by Crippen LogP contribution is 2.40. The van der Waals surface area contributed by atoms with Crippen molar-refractivity contribution in [2.75, 3.05) is 19.6 Å². The zero-order chi connectivity index (χ0) is 10.4. The van der Waals surface area contributed by atoms with Gasteiger partial charge in [0, 0.05) is 19.6 Å². The summed E-state index contributed by atoms with van der Waals surface area (Å²) in [5.74, 6) is 0.814. The number of hydrogen-bond donors (Lipinski definition) is 2. The third kappa shape index (κ3) is 1.71. The first-order valence-electron chi connectivity index (χ1n) is 6.38. The van der Waals surface area contributed by atoms with Crippen molar-refractivity contribution in [3.63, 3.8) is 0 Å². The molecule has 3 heteroatoms. The van der Waals surface area contributed by atoms with Crippen molar-refractivity contribution in [3.8, 4) is 0 Å². The van der Waals surface area contributed by atoms with E-state index in [9.17, 15) is 0 Å². The van der Waals surface area contributed by atoms with E-state index in [0.717, 1.165) is 25.6 Å². The van der Waals surface area contributed by atoms with E-state index in [1.165, 1.54) is 32.1 Å². The highest BCUT2D eigenvalue weighted by atomic mass is 16.5. The van der Waals surface area contributed by atoms with Crippen LogP contribution in [0.25, 0.3) is 0 Å². The molecule has 15 heavy (non-hydrogen) atoms. The molecule has 3 aliphatic rings. The molecule has 2 N–H and O–H groups in total. The predicted molar refractivity (Wildman–Crippen MR) is 59.7 cm³/mol.